The van der Waals surface area contributed by atoms with Crippen LogP contribution in [0.25, 0.3) is 0 Å². The molecular formula is C29H34ClN3O6. The van der Waals surface area contributed by atoms with Crippen LogP contribution in [0, 0.1) is 16.0 Å². The number of nitro groups is 1. The zero-order valence-electron chi connectivity index (χ0n) is 22.3. The highest BCUT2D eigenvalue weighted by molar-refractivity contribution is 6.00. The molecular weight excluding hydrogens is 522 g/mol. The Balaban J connectivity index is 0.00000420. The van der Waals surface area contributed by atoms with Crippen LogP contribution in [0.4, 0.5) is 5.69 Å². The van der Waals surface area contributed by atoms with Crippen molar-refractivity contribution in [1.29, 1.82) is 0 Å². The first-order chi connectivity index (χ1) is 18.2. The van der Waals surface area contributed by atoms with Crippen molar-refractivity contribution in [3.63, 3.8) is 0 Å². The normalized spacial score (nSPS) is 16.9. The van der Waals surface area contributed by atoms with Crippen molar-refractivity contribution in [3.8, 4) is 0 Å². The van der Waals surface area contributed by atoms with Gasteiger partial charge in [-0.1, -0.05) is 42.5 Å². The molecule has 1 unspecified atom stereocenters. The lowest BCUT2D eigenvalue weighted by molar-refractivity contribution is -0.384. The molecule has 0 bridgehead atoms. The molecule has 9 nitrogen and oxygen atoms in total. The Kier molecular flexibility index (Phi) is 10.3. The number of nitrogens with one attached hydrogen (secondary N) is 1. The van der Waals surface area contributed by atoms with Crippen molar-refractivity contribution >= 4 is 30.0 Å². The lowest BCUT2D eigenvalue weighted by atomic mass is 9.80. The standard InChI is InChI=1S/C29H33N3O6.ClH/c1-19-25(28(33)37-15-14-31(3)17-21-8-5-4-6-9-21)27(23-10-7-11-24(16-23)32(35)36)26(20(2)30-19)29(34)38-18-22-12-13-22;/h4-11,16,22,27,30H,12-15,17-18H2,1-3H3;1H. The predicted molar refractivity (Wildman–Crippen MR) is 149 cm³/mol. The number of allylic oxidation sites excluding steroid dienone is 2. The number of halogens is 1. The molecule has 208 valence electrons. The molecule has 0 amide bonds. The Hall–Kier alpha value is -3.69. The number of carbonyl (C=O) groups is 2. The van der Waals surface area contributed by atoms with E-state index < -0.39 is 22.8 Å². The minimum atomic E-state index is -0.864. The molecule has 0 spiro atoms. The lowest BCUT2D eigenvalue weighted by Gasteiger charge is -2.30. The maximum Gasteiger partial charge on any atom is 0.336 e. The third kappa shape index (κ3) is 7.68. The topological polar surface area (TPSA) is 111 Å². The number of dihydropyridines is 1. The average molecular weight is 556 g/mol. The van der Waals surface area contributed by atoms with Crippen molar-refractivity contribution in [2.75, 3.05) is 26.8 Å². The van der Waals surface area contributed by atoms with Crippen LogP contribution >= 0.6 is 12.4 Å². The quantitative estimate of drug-likeness (QED) is 0.237. The second-order valence-corrected chi connectivity index (χ2v) is 9.89. The molecule has 1 aliphatic heterocycles. The monoisotopic (exact) mass is 555 g/mol. The zero-order valence-corrected chi connectivity index (χ0v) is 23.2. The molecule has 4 rings (SSSR count). The highest BCUT2D eigenvalue weighted by Crippen LogP contribution is 2.40. The van der Waals surface area contributed by atoms with Gasteiger partial charge in [-0.2, -0.15) is 0 Å². The van der Waals surface area contributed by atoms with Crippen LogP contribution in [-0.4, -0.2) is 48.6 Å². The third-order valence-electron chi connectivity index (χ3n) is 6.76. The summed E-state index contributed by atoms with van der Waals surface area (Å²) in [6.07, 6.45) is 2.04. The van der Waals surface area contributed by atoms with Crippen molar-refractivity contribution in [1.82, 2.24) is 10.2 Å². The molecule has 1 heterocycles. The van der Waals surface area contributed by atoms with E-state index in [1.165, 1.54) is 12.1 Å². The minimum Gasteiger partial charge on any atom is -0.462 e. The molecule has 2 aromatic rings. The number of carbonyl (C=O) groups excluding carboxylic acids is 2. The number of rotatable bonds is 11. The molecule has 2 aromatic carbocycles. The molecule has 0 saturated heterocycles. The van der Waals surface area contributed by atoms with Crippen LogP contribution in [0.15, 0.2) is 77.1 Å². The fourth-order valence-electron chi connectivity index (χ4n) is 4.59. The molecule has 1 N–H and O–H groups in total. The van der Waals surface area contributed by atoms with Crippen LogP contribution in [0.2, 0.25) is 0 Å². The summed E-state index contributed by atoms with van der Waals surface area (Å²) >= 11 is 0. The van der Waals surface area contributed by atoms with Gasteiger partial charge < -0.3 is 14.8 Å². The van der Waals surface area contributed by atoms with E-state index in [1.807, 2.05) is 42.3 Å². The van der Waals surface area contributed by atoms with Gasteiger partial charge in [-0.05, 0) is 50.8 Å². The smallest absolute Gasteiger partial charge is 0.336 e. The van der Waals surface area contributed by atoms with Crippen LogP contribution in [0.3, 0.4) is 0 Å². The van der Waals surface area contributed by atoms with E-state index in [-0.39, 0.29) is 35.8 Å². The zero-order chi connectivity index (χ0) is 27.2. The fraction of sp³-hybridized carbons (Fsp3) is 0.379. The molecule has 0 aromatic heterocycles. The average Bonchev–Trinajstić information content (AvgIpc) is 3.72. The Morgan fingerprint density at radius 2 is 1.64 bits per heavy atom. The summed E-state index contributed by atoms with van der Waals surface area (Å²) in [6, 6.07) is 16.0. The Morgan fingerprint density at radius 3 is 2.26 bits per heavy atom. The molecule has 2 aliphatic rings. The molecule has 1 atom stereocenters. The predicted octanol–water partition coefficient (Wildman–Crippen LogP) is 4.88. The number of benzene rings is 2. The maximum atomic E-state index is 13.5. The molecule has 1 aliphatic carbocycles. The molecule has 1 fully saturated rings. The first kappa shape index (κ1) is 29.9. The Morgan fingerprint density at radius 1 is 1.00 bits per heavy atom. The summed E-state index contributed by atoms with van der Waals surface area (Å²) < 4.78 is 11.3. The highest BCUT2D eigenvalue weighted by Gasteiger charge is 2.39. The largest absolute Gasteiger partial charge is 0.462 e. The number of esters is 2. The van der Waals surface area contributed by atoms with Crippen LogP contribution < -0.4 is 5.32 Å². The van der Waals surface area contributed by atoms with Crippen molar-refractivity contribution < 1.29 is 24.0 Å². The van der Waals surface area contributed by atoms with Crippen LogP contribution in [-0.2, 0) is 25.6 Å². The van der Waals surface area contributed by atoms with E-state index in [4.69, 9.17) is 9.47 Å². The fourth-order valence-corrected chi connectivity index (χ4v) is 4.59. The van der Waals surface area contributed by atoms with E-state index in [9.17, 15) is 19.7 Å². The molecule has 39 heavy (non-hydrogen) atoms. The van der Waals surface area contributed by atoms with Gasteiger partial charge in [0.15, 0.2) is 0 Å². The summed E-state index contributed by atoms with van der Waals surface area (Å²) in [5, 5.41) is 14.6. The SMILES string of the molecule is CC1=C(C(=O)OCCN(C)Cc2ccccc2)C(c2cccc([N+](=O)[O-])c2)C(C(=O)OCC2CC2)=C(C)N1.Cl. The summed E-state index contributed by atoms with van der Waals surface area (Å²) in [4.78, 5) is 39.8. The van der Waals surface area contributed by atoms with Crippen molar-refractivity contribution in [2.45, 2.75) is 39.2 Å². The summed E-state index contributed by atoms with van der Waals surface area (Å²) in [5.74, 6) is -1.63. The van der Waals surface area contributed by atoms with Gasteiger partial charge in [0.1, 0.15) is 6.61 Å². The maximum absolute atomic E-state index is 13.5. The van der Waals surface area contributed by atoms with Gasteiger partial charge in [0, 0.05) is 36.6 Å². The van der Waals surface area contributed by atoms with Gasteiger partial charge in [0.2, 0.25) is 0 Å². The van der Waals surface area contributed by atoms with Gasteiger partial charge in [-0.15, -0.1) is 12.4 Å². The number of nitrogens with zero attached hydrogens (tertiary/aromatic N) is 2. The van der Waals surface area contributed by atoms with E-state index in [0.717, 1.165) is 18.4 Å². The number of hydrogen-bond donors (Lipinski definition) is 1. The molecule has 10 heteroatoms. The first-order valence-corrected chi connectivity index (χ1v) is 12.7. The summed E-state index contributed by atoms with van der Waals surface area (Å²) in [5.41, 5.74) is 3.03. The number of non-ortho nitro benzene ring substituents is 1. The first-order valence-electron chi connectivity index (χ1n) is 12.7. The number of nitro benzene ring substituents is 1. The minimum absolute atomic E-state index is 0. The van der Waals surface area contributed by atoms with Crippen LogP contribution in [0.1, 0.15) is 43.7 Å². The van der Waals surface area contributed by atoms with E-state index >= 15 is 0 Å². The van der Waals surface area contributed by atoms with Gasteiger partial charge in [-0.25, -0.2) is 9.59 Å². The second kappa shape index (κ2) is 13.4. The van der Waals surface area contributed by atoms with Gasteiger partial charge in [0.25, 0.3) is 5.69 Å². The van der Waals surface area contributed by atoms with Gasteiger partial charge >= 0.3 is 11.9 Å². The molecule has 0 radical (unpaired) electrons. The summed E-state index contributed by atoms with van der Waals surface area (Å²) in [7, 11) is 1.94. The highest BCUT2D eigenvalue weighted by atomic mass is 35.5. The Bertz CT molecular complexity index is 1270. The van der Waals surface area contributed by atoms with E-state index in [1.54, 1.807) is 26.0 Å². The summed E-state index contributed by atoms with van der Waals surface area (Å²) in [6.45, 7) is 5.14. The van der Waals surface area contributed by atoms with E-state index in [0.29, 0.717) is 42.6 Å². The van der Waals surface area contributed by atoms with E-state index in [2.05, 4.69) is 5.32 Å². The number of likely N-dealkylation sites (N-methyl/N-ethyl adjacent to an activating group) is 1. The van der Waals surface area contributed by atoms with Crippen LogP contribution in [0.5, 0.6) is 0 Å². The Labute approximate surface area is 234 Å². The number of hydrogen-bond acceptors (Lipinski definition) is 8. The van der Waals surface area contributed by atoms with Crippen molar-refractivity contribution in [2.24, 2.45) is 5.92 Å². The van der Waals surface area contributed by atoms with Crippen molar-refractivity contribution in [3.05, 3.63) is 98.4 Å². The molecule has 1 saturated carbocycles. The second-order valence-electron chi connectivity index (χ2n) is 9.89. The lowest BCUT2D eigenvalue weighted by Crippen LogP contribution is -2.33. The number of ether oxygens (including phenoxy) is 2. The third-order valence-corrected chi connectivity index (χ3v) is 6.76. The van der Waals surface area contributed by atoms with Gasteiger partial charge in [-0.3, -0.25) is 15.0 Å². The van der Waals surface area contributed by atoms with Gasteiger partial charge in [0.05, 0.1) is 28.6 Å².